The molecule has 0 aromatic carbocycles. The van der Waals surface area contributed by atoms with Gasteiger partial charge >= 0.3 is 0 Å². The number of pyridine rings is 1. The zero-order chi connectivity index (χ0) is 20.2. The highest BCUT2D eigenvalue weighted by Crippen LogP contribution is 2.27. The van der Waals surface area contributed by atoms with Crippen LogP contribution in [0.2, 0.25) is 0 Å². The molecule has 1 aliphatic heterocycles. The zero-order valence-electron chi connectivity index (χ0n) is 15.3. The number of anilines is 1. The highest BCUT2D eigenvalue weighted by molar-refractivity contribution is 5.97. The van der Waals surface area contributed by atoms with Crippen molar-refractivity contribution in [3.05, 3.63) is 54.4 Å². The van der Waals surface area contributed by atoms with Crippen molar-refractivity contribution in [2.75, 3.05) is 24.6 Å². The van der Waals surface area contributed by atoms with E-state index in [0.717, 1.165) is 35.3 Å². The van der Waals surface area contributed by atoms with E-state index in [2.05, 4.69) is 30.0 Å². The van der Waals surface area contributed by atoms with Crippen molar-refractivity contribution >= 4 is 17.6 Å². The Morgan fingerprint density at radius 1 is 1.34 bits per heavy atom. The molecule has 3 aromatic rings. The normalized spacial score (nSPS) is 17.3. The Hall–Kier alpha value is -3.40. The molecular formula is C19H19F2N7O. The Kier molecular flexibility index (Phi) is 5.43. The van der Waals surface area contributed by atoms with Gasteiger partial charge in [-0.05, 0) is 24.3 Å². The highest BCUT2D eigenvalue weighted by atomic mass is 19.3. The van der Waals surface area contributed by atoms with E-state index in [4.69, 9.17) is 10.1 Å². The number of halogens is 2. The number of rotatable bonds is 6. The van der Waals surface area contributed by atoms with Gasteiger partial charge in [0.2, 0.25) is 0 Å². The van der Waals surface area contributed by atoms with E-state index in [1.807, 2.05) is 18.3 Å². The first-order valence-corrected chi connectivity index (χ1v) is 9.01. The number of nitrogens with one attached hydrogen (secondary N) is 3. The fourth-order valence-corrected chi connectivity index (χ4v) is 3.06. The largest absolute Gasteiger partial charge is 0.370 e. The predicted molar refractivity (Wildman–Crippen MR) is 104 cm³/mol. The molecule has 29 heavy (non-hydrogen) atoms. The molecule has 0 spiro atoms. The number of hydrogen-bond acceptors (Lipinski definition) is 6. The van der Waals surface area contributed by atoms with E-state index in [-0.39, 0.29) is 6.10 Å². The Labute approximate surface area is 165 Å². The Morgan fingerprint density at radius 2 is 2.24 bits per heavy atom. The first kappa shape index (κ1) is 18.9. The van der Waals surface area contributed by atoms with Gasteiger partial charge in [0.15, 0.2) is 0 Å². The fourth-order valence-electron chi connectivity index (χ4n) is 3.06. The Morgan fingerprint density at radius 3 is 3.03 bits per heavy atom. The van der Waals surface area contributed by atoms with Crippen molar-refractivity contribution in [2.24, 2.45) is 0 Å². The monoisotopic (exact) mass is 399 g/mol. The minimum absolute atomic E-state index is 0.0815. The van der Waals surface area contributed by atoms with Crippen LogP contribution < -0.4 is 4.90 Å². The second-order valence-electron chi connectivity index (χ2n) is 6.51. The molecular weight excluding hydrogens is 380 g/mol. The second-order valence-corrected chi connectivity index (χ2v) is 6.51. The number of ether oxygens (including phenoxy) is 1. The molecule has 8 nitrogen and oxygen atoms in total. The van der Waals surface area contributed by atoms with Gasteiger partial charge in [0.1, 0.15) is 17.7 Å². The van der Waals surface area contributed by atoms with Crippen molar-refractivity contribution in [1.82, 2.24) is 25.1 Å². The zero-order valence-corrected chi connectivity index (χ0v) is 15.3. The van der Waals surface area contributed by atoms with Gasteiger partial charge in [0.05, 0.1) is 30.4 Å². The maximum Gasteiger partial charge on any atom is 0.279 e. The summed E-state index contributed by atoms with van der Waals surface area (Å²) >= 11 is 0. The van der Waals surface area contributed by atoms with Gasteiger partial charge in [0.25, 0.3) is 6.43 Å². The van der Waals surface area contributed by atoms with Crippen LogP contribution in [0.25, 0.3) is 17.3 Å². The van der Waals surface area contributed by atoms with Crippen LogP contribution in [0, 0.1) is 5.41 Å². The van der Waals surface area contributed by atoms with Crippen LogP contribution in [-0.2, 0) is 4.74 Å². The molecule has 3 aromatic heterocycles. The minimum Gasteiger partial charge on any atom is -0.370 e. The van der Waals surface area contributed by atoms with Crippen LogP contribution in [0.15, 0.2) is 43.0 Å². The number of nitrogens with zero attached hydrogens (tertiary/aromatic N) is 4. The molecule has 1 fully saturated rings. The number of alkyl halides is 2. The van der Waals surface area contributed by atoms with Crippen LogP contribution in [0.4, 0.5) is 14.6 Å². The molecule has 0 saturated carbocycles. The molecule has 0 bridgehead atoms. The summed E-state index contributed by atoms with van der Waals surface area (Å²) in [6, 6.07) is 3.79. The van der Waals surface area contributed by atoms with Gasteiger partial charge in [-0.15, -0.1) is 0 Å². The molecule has 3 N–H and O–H groups in total. The van der Waals surface area contributed by atoms with Crippen LogP contribution >= 0.6 is 0 Å². The summed E-state index contributed by atoms with van der Waals surface area (Å²) in [7, 11) is 0. The van der Waals surface area contributed by atoms with Gasteiger partial charge in [-0.1, -0.05) is 0 Å². The average molecular weight is 399 g/mol. The lowest BCUT2D eigenvalue weighted by atomic mass is 10.1. The molecule has 0 radical (unpaired) electrons. The van der Waals surface area contributed by atoms with Crippen molar-refractivity contribution in [2.45, 2.75) is 12.5 Å². The van der Waals surface area contributed by atoms with E-state index in [0.29, 0.717) is 19.0 Å². The third kappa shape index (κ3) is 4.37. The number of aromatic nitrogens is 5. The molecule has 1 atom stereocenters. The van der Waals surface area contributed by atoms with Crippen LogP contribution in [-0.4, -0.2) is 57.0 Å². The van der Waals surface area contributed by atoms with Crippen LogP contribution in [0.1, 0.15) is 17.5 Å². The summed E-state index contributed by atoms with van der Waals surface area (Å²) < 4.78 is 30.6. The number of morpholine rings is 1. The van der Waals surface area contributed by atoms with E-state index in [9.17, 15) is 8.78 Å². The quantitative estimate of drug-likeness (QED) is 0.553. The molecule has 4 rings (SSSR count). The van der Waals surface area contributed by atoms with Crippen LogP contribution in [0.3, 0.4) is 0 Å². The third-order valence-electron chi connectivity index (χ3n) is 4.59. The standard InChI is InChI=1S/C19H19F2N7O/c20-19(21)14(22)1-2-17-24-10-15(27-17)12-3-4-23-18(7-12)28-5-6-29-16(11-28)13-8-25-26-9-13/h1-4,7-10,16,19,22H,5-6,11H2,(H,24,27)(H,25,26)/b2-1-,22-14?. The van der Waals surface area contributed by atoms with Gasteiger partial charge in [-0.2, -0.15) is 5.10 Å². The third-order valence-corrected chi connectivity index (χ3v) is 4.59. The molecule has 0 amide bonds. The van der Waals surface area contributed by atoms with Crippen molar-refractivity contribution in [3.8, 4) is 11.3 Å². The second kappa shape index (κ2) is 8.31. The molecule has 1 unspecified atom stereocenters. The maximum absolute atomic E-state index is 12.4. The average Bonchev–Trinajstić information content (AvgIpc) is 3.44. The SMILES string of the molecule is N=C(/C=C\c1ncc(-c2ccnc(N3CCOC(c4cn[nH]c4)C3)c2)[nH]1)C(F)F. The molecule has 4 heterocycles. The highest BCUT2D eigenvalue weighted by Gasteiger charge is 2.24. The number of imidazole rings is 1. The van der Waals surface area contributed by atoms with Crippen molar-refractivity contribution < 1.29 is 13.5 Å². The summed E-state index contributed by atoms with van der Waals surface area (Å²) in [6.45, 7) is 1.96. The maximum atomic E-state index is 12.4. The lowest BCUT2D eigenvalue weighted by Gasteiger charge is -2.33. The molecule has 10 heteroatoms. The summed E-state index contributed by atoms with van der Waals surface area (Å²) in [5, 5.41) is 13.9. The number of hydrogen-bond donors (Lipinski definition) is 3. The molecule has 1 aliphatic rings. The van der Waals surface area contributed by atoms with Crippen molar-refractivity contribution in [3.63, 3.8) is 0 Å². The van der Waals surface area contributed by atoms with Crippen LogP contribution in [0.5, 0.6) is 0 Å². The van der Waals surface area contributed by atoms with Gasteiger partial charge < -0.3 is 14.6 Å². The van der Waals surface area contributed by atoms with Gasteiger partial charge in [-0.25, -0.2) is 18.7 Å². The molecule has 150 valence electrons. The topological polar surface area (TPSA) is 107 Å². The fraction of sp³-hybridized carbons (Fsp3) is 0.263. The smallest absolute Gasteiger partial charge is 0.279 e. The first-order valence-electron chi connectivity index (χ1n) is 9.01. The number of H-pyrrole nitrogens is 2. The summed E-state index contributed by atoms with van der Waals surface area (Å²) in [5.41, 5.74) is 1.84. The predicted octanol–water partition coefficient (Wildman–Crippen LogP) is 3.07. The lowest BCUT2D eigenvalue weighted by Crippen LogP contribution is -2.38. The summed E-state index contributed by atoms with van der Waals surface area (Å²) in [4.78, 5) is 13.8. The summed E-state index contributed by atoms with van der Waals surface area (Å²) in [6.07, 6.45) is 6.43. The summed E-state index contributed by atoms with van der Waals surface area (Å²) in [5.74, 6) is 1.21. The van der Waals surface area contributed by atoms with Crippen molar-refractivity contribution in [1.29, 1.82) is 5.41 Å². The number of aromatic amines is 2. The van der Waals surface area contributed by atoms with E-state index in [1.54, 1.807) is 18.6 Å². The van der Waals surface area contributed by atoms with E-state index in [1.165, 1.54) is 6.08 Å². The number of allylic oxidation sites excluding steroid dienone is 1. The Balaban J connectivity index is 1.50. The minimum atomic E-state index is -2.80. The molecule has 1 saturated heterocycles. The van der Waals surface area contributed by atoms with E-state index >= 15 is 0 Å². The van der Waals surface area contributed by atoms with Gasteiger partial charge in [0, 0.05) is 36.6 Å². The van der Waals surface area contributed by atoms with Gasteiger partial charge in [-0.3, -0.25) is 10.5 Å². The first-order chi connectivity index (χ1) is 14.1. The molecule has 0 aliphatic carbocycles. The Bertz CT molecular complexity index is 1000. The lowest BCUT2D eigenvalue weighted by molar-refractivity contribution is 0.0395. The van der Waals surface area contributed by atoms with E-state index < -0.39 is 12.1 Å².